The molecule has 3 aromatic carbocycles. The van der Waals surface area contributed by atoms with E-state index in [2.05, 4.69) is 25.8 Å². The van der Waals surface area contributed by atoms with Gasteiger partial charge in [0.15, 0.2) is 5.11 Å². The summed E-state index contributed by atoms with van der Waals surface area (Å²) in [5.74, 6) is 1.20. The third-order valence-electron chi connectivity index (χ3n) is 7.18. The van der Waals surface area contributed by atoms with Crippen molar-refractivity contribution >= 4 is 29.0 Å². The van der Waals surface area contributed by atoms with E-state index in [1.807, 2.05) is 98.0 Å². The highest BCUT2D eigenvalue weighted by atomic mass is 32.1. The average Bonchev–Trinajstić information content (AvgIpc) is 3.63. The van der Waals surface area contributed by atoms with E-state index in [0.29, 0.717) is 10.7 Å². The van der Waals surface area contributed by atoms with Crippen molar-refractivity contribution in [1.82, 2.24) is 14.9 Å². The smallest absolute Gasteiger partial charge is 0.337 e. The van der Waals surface area contributed by atoms with Gasteiger partial charge in [-0.1, -0.05) is 24.3 Å². The van der Waals surface area contributed by atoms with Crippen LogP contribution >= 0.6 is 12.2 Å². The van der Waals surface area contributed by atoms with E-state index in [9.17, 15) is 4.79 Å². The van der Waals surface area contributed by atoms with Crippen molar-refractivity contribution in [3.8, 4) is 17.2 Å². The number of nitrogens with one attached hydrogen (secondary N) is 1. The number of anilines is 1. The second-order valence-corrected chi connectivity index (χ2v) is 10.1. The van der Waals surface area contributed by atoms with Crippen molar-refractivity contribution in [2.75, 3.05) is 12.0 Å². The van der Waals surface area contributed by atoms with Crippen molar-refractivity contribution in [1.29, 1.82) is 0 Å². The lowest BCUT2D eigenvalue weighted by Crippen LogP contribution is -2.30. The Kier molecular flexibility index (Phi) is 7.22. The topological polar surface area (TPSA) is 68.6 Å². The third-order valence-corrected chi connectivity index (χ3v) is 7.50. The second-order valence-electron chi connectivity index (χ2n) is 9.70. The molecule has 0 spiro atoms. The Labute approximate surface area is 244 Å². The Hall–Kier alpha value is -4.95. The Morgan fingerprint density at radius 2 is 1.61 bits per heavy atom. The van der Waals surface area contributed by atoms with Gasteiger partial charge in [-0.25, -0.2) is 4.79 Å². The number of carbonyl (C=O) groups excluding carboxylic acids is 1. The van der Waals surface area contributed by atoms with Gasteiger partial charge in [0, 0.05) is 29.5 Å². The number of hydrogen-bond donors (Lipinski definition) is 1. The van der Waals surface area contributed by atoms with Crippen LogP contribution in [0.4, 0.5) is 5.69 Å². The predicted octanol–water partition coefficient (Wildman–Crippen LogP) is 6.94. The molecular formula is C33H28N4O3S. The lowest BCUT2D eigenvalue weighted by Gasteiger charge is -2.29. The number of esters is 1. The van der Waals surface area contributed by atoms with Gasteiger partial charge in [0.2, 0.25) is 0 Å². The number of para-hydroxylation sites is 1. The van der Waals surface area contributed by atoms with E-state index in [1.54, 1.807) is 18.3 Å². The fourth-order valence-electron chi connectivity index (χ4n) is 5.15. The van der Waals surface area contributed by atoms with Gasteiger partial charge in [-0.2, -0.15) is 0 Å². The lowest BCUT2D eigenvalue weighted by molar-refractivity contribution is 0.0600. The summed E-state index contributed by atoms with van der Waals surface area (Å²) in [6, 6.07) is 32.8. The molecule has 0 amide bonds. The summed E-state index contributed by atoms with van der Waals surface area (Å²) in [5.41, 5.74) is 5.30. The molecule has 204 valence electrons. The highest BCUT2D eigenvalue weighted by molar-refractivity contribution is 7.80. The van der Waals surface area contributed by atoms with Crippen LogP contribution in [0.2, 0.25) is 0 Å². The van der Waals surface area contributed by atoms with Gasteiger partial charge in [-0.3, -0.25) is 4.98 Å². The minimum absolute atomic E-state index is 0.199. The Morgan fingerprint density at radius 1 is 0.878 bits per heavy atom. The molecule has 1 aliphatic heterocycles. The van der Waals surface area contributed by atoms with Gasteiger partial charge in [0.1, 0.15) is 17.5 Å². The Balaban J connectivity index is 1.38. The van der Waals surface area contributed by atoms with Crippen LogP contribution in [0.25, 0.3) is 5.69 Å². The maximum Gasteiger partial charge on any atom is 0.337 e. The molecule has 1 N–H and O–H groups in total. The molecule has 0 aliphatic carbocycles. The highest BCUT2D eigenvalue weighted by Gasteiger charge is 2.42. The molecule has 2 atom stereocenters. The number of carbonyl (C=O) groups is 1. The van der Waals surface area contributed by atoms with E-state index in [4.69, 9.17) is 21.7 Å². The SMILES string of the molecule is COC(=O)c1ccc(-n2cccc2[C@@H]2[C@@H](c3ccccn3)NC(=S)N2c2ccc(Oc3ccccc3C)cc2)cc1. The molecule has 1 fully saturated rings. The van der Waals surface area contributed by atoms with Crippen LogP contribution in [0, 0.1) is 6.92 Å². The number of nitrogens with zero attached hydrogens (tertiary/aromatic N) is 3. The molecule has 0 saturated carbocycles. The number of aryl methyl sites for hydroxylation is 1. The van der Waals surface area contributed by atoms with Crippen LogP contribution in [0.1, 0.15) is 39.4 Å². The quantitative estimate of drug-likeness (QED) is 0.171. The molecule has 2 aromatic heterocycles. The van der Waals surface area contributed by atoms with Crippen LogP contribution in [0.15, 0.2) is 116 Å². The Bertz CT molecular complexity index is 1680. The maximum absolute atomic E-state index is 12.0. The summed E-state index contributed by atoms with van der Waals surface area (Å²) >= 11 is 5.92. The zero-order valence-electron chi connectivity index (χ0n) is 22.6. The third kappa shape index (κ3) is 5.17. The summed E-state index contributed by atoms with van der Waals surface area (Å²) in [6.45, 7) is 2.03. The largest absolute Gasteiger partial charge is 0.465 e. The summed E-state index contributed by atoms with van der Waals surface area (Å²) < 4.78 is 13.1. The van der Waals surface area contributed by atoms with Gasteiger partial charge < -0.3 is 24.3 Å². The van der Waals surface area contributed by atoms with Crippen molar-refractivity contribution in [3.63, 3.8) is 0 Å². The number of methoxy groups -OCH3 is 1. The number of ether oxygens (including phenoxy) is 2. The first-order valence-corrected chi connectivity index (χ1v) is 13.6. The normalized spacial score (nSPS) is 16.3. The number of pyridine rings is 1. The first-order valence-electron chi connectivity index (χ1n) is 13.2. The van der Waals surface area contributed by atoms with Gasteiger partial charge in [-0.05, 0) is 104 Å². The van der Waals surface area contributed by atoms with E-state index in [1.165, 1.54) is 7.11 Å². The van der Waals surface area contributed by atoms with Gasteiger partial charge in [-0.15, -0.1) is 0 Å². The number of thiocarbonyl (C=S) groups is 1. The molecule has 0 unspecified atom stereocenters. The molecule has 1 aliphatic rings. The van der Waals surface area contributed by atoms with Crippen molar-refractivity contribution in [2.24, 2.45) is 0 Å². The van der Waals surface area contributed by atoms with Crippen molar-refractivity contribution in [2.45, 2.75) is 19.0 Å². The van der Waals surface area contributed by atoms with E-state index in [-0.39, 0.29) is 18.1 Å². The first-order chi connectivity index (χ1) is 20.0. The molecular weight excluding hydrogens is 532 g/mol. The molecule has 41 heavy (non-hydrogen) atoms. The molecule has 7 nitrogen and oxygen atoms in total. The van der Waals surface area contributed by atoms with Crippen LogP contribution in [-0.4, -0.2) is 27.7 Å². The van der Waals surface area contributed by atoms with E-state index in [0.717, 1.165) is 39.8 Å². The number of hydrogen-bond acceptors (Lipinski definition) is 5. The molecule has 3 heterocycles. The number of aromatic nitrogens is 2. The van der Waals surface area contributed by atoms with Crippen molar-refractivity contribution in [3.05, 3.63) is 138 Å². The second kappa shape index (κ2) is 11.3. The Morgan fingerprint density at radius 3 is 2.32 bits per heavy atom. The minimum atomic E-state index is -0.370. The predicted molar refractivity (Wildman–Crippen MR) is 163 cm³/mol. The van der Waals surface area contributed by atoms with Gasteiger partial charge >= 0.3 is 5.97 Å². The van der Waals surface area contributed by atoms with Crippen molar-refractivity contribution < 1.29 is 14.3 Å². The van der Waals surface area contributed by atoms with Crippen LogP contribution < -0.4 is 15.0 Å². The lowest BCUT2D eigenvalue weighted by atomic mass is 10.0. The summed E-state index contributed by atoms with van der Waals surface area (Å²) in [6.07, 6.45) is 3.80. The maximum atomic E-state index is 12.0. The summed E-state index contributed by atoms with van der Waals surface area (Å²) in [4.78, 5) is 18.8. The van der Waals surface area contributed by atoms with Crippen LogP contribution in [0.3, 0.4) is 0 Å². The molecule has 6 rings (SSSR count). The van der Waals surface area contributed by atoms with Gasteiger partial charge in [0.25, 0.3) is 0 Å². The highest BCUT2D eigenvalue weighted by Crippen LogP contribution is 2.42. The summed E-state index contributed by atoms with van der Waals surface area (Å²) in [7, 11) is 1.38. The van der Waals surface area contributed by atoms with Crippen LogP contribution in [0.5, 0.6) is 11.5 Å². The summed E-state index contributed by atoms with van der Waals surface area (Å²) in [5, 5.41) is 4.12. The molecule has 5 aromatic rings. The minimum Gasteiger partial charge on any atom is -0.465 e. The van der Waals surface area contributed by atoms with Gasteiger partial charge in [0.05, 0.1) is 24.4 Å². The zero-order chi connectivity index (χ0) is 28.3. The van der Waals surface area contributed by atoms with E-state index < -0.39 is 0 Å². The number of benzene rings is 3. The number of rotatable bonds is 7. The fourth-order valence-corrected chi connectivity index (χ4v) is 5.50. The molecule has 8 heteroatoms. The molecule has 0 radical (unpaired) electrons. The standard InChI is InChI=1S/C33H28N4O3S/c1-22-8-3-4-11-29(22)40-26-18-16-25(17-19-26)37-31(30(35-33(37)41)27-9-5-6-20-34-27)28-10-7-21-36(28)24-14-12-23(13-15-24)32(38)39-2/h3-21,30-31H,1-2H3,(H,35,41)/t30-,31-/m1/s1. The molecule has 0 bridgehead atoms. The average molecular weight is 561 g/mol. The van der Waals surface area contributed by atoms with Crippen LogP contribution in [-0.2, 0) is 4.74 Å². The van der Waals surface area contributed by atoms with E-state index >= 15 is 0 Å². The molecule has 1 saturated heterocycles. The zero-order valence-corrected chi connectivity index (χ0v) is 23.4. The fraction of sp³-hybridized carbons (Fsp3) is 0.121. The first kappa shape index (κ1) is 26.3. The monoisotopic (exact) mass is 560 g/mol.